The second-order valence-electron chi connectivity index (χ2n) is 3.62. The maximum atomic E-state index is 13.0. The molecule has 1 rings (SSSR count). The second-order valence-corrected chi connectivity index (χ2v) is 3.62. The highest BCUT2D eigenvalue weighted by Crippen LogP contribution is 2.22. The van der Waals surface area contributed by atoms with Gasteiger partial charge in [0.2, 0.25) is 0 Å². The molecule has 16 heavy (non-hydrogen) atoms. The van der Waals surface area contributed by atoms with Crippen molar-refractivity contribution in [2.75, 3.05) is 20.1 Å². The van der Waals surface area contributed by atoms with Crippen molar-refractivity contribution in [3.8, 4) is 0 Å². The van der Waals surface area contributed by atoms with Crippen LogP contribution in [0.4, 0.5) is 13.2 Å². The van der Waals surface area contributed by atoms with Gasteiger partial charge in [-0.1, -0.05) is 6.92 Å². The van der Waals surface area contributed by atoms with Crippen molar-refractivity contribution < 1.29 is 13.2 Å². The lowest BCUT2D eigenvalue weighted by atomic mass is 10.1. The summed E-state index contributed by atoms with van der Waals surface area (Å²) in [4.78, 5) is 1.84. The van der Waals surface area contributed by atoms with Crippen LogP contribution < -0.4 is 5.73 Å². The molecule has 0 aromatic heterocycles. The van der Waals surface area contributed by atoms with Crippen molar-refractivity contribution in [2.45, 2.75) is 13.0 Å². The molecule has 0 heterocycles. The van der Waals surface area contributed by atoms with E-state index in [0.717, 1.165) is 12.1 Å². The van der Waals surface area contributed by atoms with Gasteiger partial charge in [0.15, 0.2) is 17.5 Å². The Morgan fingerprint density at radius 3 is 2.12 bits per heavy atom. The van der Waals surface area contributed by atoms with E-state index in [1.165, 1.54) is 0 Å². The van der Waals surface area contributed by atoms with E-state index in [0.29, 0.717) is 12.1 Å². The molecule has 0 fully saturated rings. The van der Waals surface area contributed by atoms with Crippen LogP contribution in [0.2, 0.25) is 0 Å². The van der Waals surface area contributed by atoms with E-state index in [4.69, 9.17) is 5.73 Å². The zero-order valence-electron chi connectivity index (χ0n) is 9.30. The predicted octanol–water partition coefficient (Wildman–Crippen LogP) is 2.06. The Balaban J connectivity index is 3.11. The summed E-state index contributed by atoms with van der Waals surface area (Å²) in [6.07, 6.45) is 0. The highest BCUT2D eigenvalue weighted by molar-refractivity contribution is 5.23. The molecule has 0 spiro atoms. The number of halogens is 3. The molecule has 0 saturated carbocycles. The number of hydrogen-bond acceptors (Lipinski definition) is 2. The first kappa shape index (κ1) is 13.0. The Kier molecular flexibility index (Phi) is 4.32. The van der Waals surface area contributed by atoms with Crippen molar-refractivity contribution in [3.63, 3.8) is 0 Å². The predicted molar refractivity (Wildman–Crippen MR) is 56.4 cm³/mol. The maximum absolute atomic E-state index is 13.0. The number of benzene rings is 1. The molecular formula is C11H15F3N2. The molecule has 1 aromatic rings. The van der Waals surface area contributed by atoms with Gasteiger partial charge in [-0.3, -0.25) is 4.90 Å². The molecule has 0 bridgehead atoms. The Hall–Kier alpha value is -1.07. The zero-order chi connectivity index (χ0) is 12.3. The minimum atomic E-state index is -1.45. The molecule has 5 heteroatoms. The molecule has 0 aliphatic carbocycles. The summed E-state index contributed by atoms with van der Waals surface area (Å²) in [5.41, 5.74) is 5.89. The average molecular weight is 232 g/mol. The van der Waals surface area contributed by atoms with Crippen LogP contribution in [-0.2, 0) is 0 Å². The van der Waals surface area contributed by atoms with Crippen molar-refractivity contribution in [1.29, 1.82) is 0 Å². The smallest absolute Gasteiger partial charge is 0.194 e. The van der Waals surface area contributed by atoms with Crippen LogP contribution in [0.15, 0.2) is 12.1 Å². The van der Waals surface area contributed by atoms with Crippen LogP contribution in [0.1, 0.15) is 18.5 Å². The SMILES string of the molecule is CCN(C)C(CN)c1cc(F)c(F)c(F)c1. The summed E-state index contributed by atoms with van der Waals surface area (Å²) in [5, 5.41) is 0. The first-order valence-electron chi connectivity index (χ1n) is 5.06. The lowest BCUT2D eigenvalue weighted by molar-refractivity contribution is 0.261. The van der Waals surface area contributed by atoms with Crippen LogP contribution in [-0.4, -0.2) is 25.0 Å². The first-order valence-corrected chi connectivity index (χ1v) is 5.06. The summed E-state index contributed by atoms with van der Waals surface area (Å²) >= 11 is 0. The van der Waals surface area contributed by atoms with Gasteiger partial charge >= 0.3 is 0 Å². The fraction of sp³-hybridized carbons (Fsp3) is 0.455. The van der Waals surface area contributed by atoms with Gasteiger partial charge in [0, 0.05) is 12.6 Å². The number of nitrogens with zero attached hydrogens (tertiary/aromatic N) is 1. The van der Waals surface area contributed by atoms with Gasteiger partial charge in [0.05, 0.1) is 0 Å². The third-order valence-corrected chi connectivity index (χ3v) is 2.65. The summed E-state index contributed by atoms with van der Waals surface area (Å²) < 4.78 is 38.8. The fourth-order valence-electron chi connectivity index (χ4n) is 1.56. The molecule has 0 aliphatic heterocycles. The van der Waals surface area contributed by atoms with Crippen LogP contribution in [0, 0.1) is 17.5 Å². The molecule has 1 aromatic carbocycles. The Morgan fingerprint density at radius 2 is 1.75 bits per heavy atom. The Morgan fingerprint density at radius 1 is 1.25 bits per heavy atom. The van der Waals surface area contributed by atoms with Crippen molar-refractivity contribution >= 4 is 0 Å². The Bertz CT molecular complexity index is 345. The lowest BCUT2D eigenvalue weighted by Crippen LogP contribution is -2.30. The topological polar surface area (TPSA) is 29.3 Å². The number of likely N-dealkylation sites (N-methyl/N-ethyl adjacent to an activating group) is 1. The van der Waals surface area contributed by atoms with Gasteiger partial charge in [0.1, 0.15) is 0 Å². The summed E-state index contributed by atoms with van der Waals surface area (Å²) in [6.45, 7) is 2.80. The number of hydrogen-bond donors (Lipinski definition) is 1. The van der Waals surface area contributed by atoms with E-state index in [1.54, 1.807) is 7.05 Å². The normalized spacial score (nSPS) is 13.2. The first-order chi connectivity index (χ1) is 7.51. The minimum Gasteiger partial charge on any atom is -0.329 e. The molecule has 90 valence electrons. The Labute approximate surface area is 92.9 Å². The summed E-state index contributed by atoms with van der Waals surface area (Å²) in [5.74, 6) is -3.81. The monoisotopic (exact) mass is 232 g/mol. The largest absolute Gasteiger partial charge is 0.329 e. The van der Waals surface area contributed by atoms with E-state index in [-0.39, 0.29) is 12.6 Å². The zero-order valence-corrected chi connectivity index (χ0v) is 9.30. The molecule has 1 unspecified atom stereocenters. The van der Waals surface area contributed by atoms with Gasteiger partial charge in [-0.2, -0.15) is 0 Å². The van der Waals surface area contributed by atoms with Crippen LogP contribution in [0.25, 0.3) is 0 Å². The minimum absolute atomic E-state index is 0.217. The molecule has 0 radical (unpaired) electrons. The van der Waals surface area contributed by atoms with Crippen LogP contribution in [0.5, 0.6) is 0 Å². The highest BCUT2D eigenvalue weighted by Gasteiger charge is 2.18. The average Bonchev–Trinajstić information content (AvgIpc) is 2.26. The molecule has 2 nitrogen and oxygen atoms in total. The fourth-order valence-corrected chi connectivity index (χ4v) is 1.56. The molecule has 1 atom stereocenters. The summed E-state index contributed by atoms with van der Waals surface area (Å²) in [6, 6.07) is 1.67. The second kappa shape index (κ2) is 5.32. The van der Waals surface area contributed by atoms with Crippen LogP contribution >= 0.6 is 0 Å². The molecular weight excluding hydrogens is 217 g/mol. The van der Waals surface area contributed by atoms with Crippen molar-refractivity contribution in [3.05, 3.63) is 35.1 Å². The van der Waals surface area contributed by atoms with E-state index in [1.807, 2.05) is 11.8 Å². The van der Waals surface area contributed by atoms with E-state index < -0.39 is 17.5 Å². The third kappa shape index (κ3) is 2.54. The number of rotatable bonds is 4. The standard InChI is InChI=1S/C11H15F3N2/c1-3-16(2)10(6-15)7-4-8(12)11(14)9(13)5-7/h4-5,10H,3,6,15H2,1-2H3. The van der Waals surface area contributed by atoms with Gasteiger partial charge < -0.3 is 5.73 Å². The highest BCUT2D eigenvalue weighted by atomic mass is 19.2. The van der Waals surface area contributed by atoms with Gasteiger partial charge in [0.25, 0.3) is 0 Å². The number of nitrogens with two attached hydrogens (primary N) is 1. The summed E-state index contributed by atoms with van der Waals surface area (Å²) in [7, 11) is 1.79. The molecule has 0 aliphatic rings. The quantitative estimate of drug-likeness (QED) is 0.805. The van der Waals surface area contributed by atoms with E-state index in [9.17, 15) is 13.2 Å². The maximum Gasteiger partial charge on any atom is 0.194 e. The molecule has 0 amide bonds. The third-order valence-electron chi connectivity index (χ3n) is 2.65. The molecule has 0 saturated heterocycles. The van der Waals surface area contributed by atoms with Crippen molar-refractivity contribution in [1.82, 2.24) is 4.90 Å². The van der Waals surface area contributed by atoms with Crippen LogP contribution in [0.3, 0.4) is 0 Å². The van der Waals surface area contributed by atoms with E-state index in [2.05, 4.69) is 0 Å². The van der Waals surface area contributed by atoms with Gasteiger partial charge in [-0.05, 0) is 31.3 Å². The molecule has 2 N–H and O–H groups in total. The lowest BCUT2D eigenvalue weighted by Gasteiger charge is -2.26. The van der Waals surface area contributed by atoms with Crippen molar-refractivity contribution in [2.24, 2.45) is 5.73 Å². The van der Waals surface area contributed by atoms with E-state index >= 15 is 0 Å². The van der Waals surface area contributed by atoms with Gasteiger partial charge in [-0.15, -0.1) is 0 Å². The van der Waals surface area contributed by atoms with Gasteiger partial charge in [-0.25, -0.2) is 13.2 Å².